The molecule has 17 heavy (non-hydrogen) atoms. The second kappa shape index (κ2) is 4.79. The highest BCUT2D eigenvalue weighted by molar-refractivity contribution is 7.71. The van der Waals surface area contributed by atoms with E-state index in [0.29, 0.717) is 10.7 Å². The van der Waals surface area contributed by atoms with E-state index in [1.54, 1.807) is 0 Å². The van der Waals surface area contributed by atoms with E-state index in [9.17, 15) is 0 Å². The number of aromatic amines is 1. The van der Waals surface area contributed by atoms with Gasteiger partial charge in [0.25, 0.3) is 0 Å². The molecule has 2 aromatic rings. The van der Waals surface area contributed by atoms with Crippen molar-refractivity contribution in [2.75, 3.05) is 0 Å². The van der Waals surface area contributed by atoms with Crippen molar-refractivity contribution < 1.29 is 0 Å². The molecule has 0 aliphatic rings. The summed E-state index contributed by atoms with van der Waals surface area (Å²) >= 11 is 5.24. The second-order valence-corrected chi connectivity index (χ2v) is 4.91. The fourth-order valence-corrected chi connectivity index (χ4v) is 1.92. The minimum Gasteiger partial charge on any atom is -0.299 e. The number of rotatable bonds is 3. The lowest BCUT2D eigenvalue weighted by Gasteiger charge is -2.09. The predicted molar refractivity (Wildman–Crippen MR) is 70.2 cm³/mol. The van der Waals surface area contributed by atoms with Gasteiger partial charge in [-0.1, -0.05) is 19.9 Å². The van der Waals surface area contributed by atoms with E-state index in [-0.39, 0.29) is 0 Å². The molecule has 0 aromatic carbocycles. The molecule has 90 valence electrons. The summed E-state index contributed by atoms with van der Waals surface area (Å²) in [6.45, 7) is 7.13. The van der Waals surface area contributed by atoms with Crippen LogP contribution in [0.2, 0.25) is 0 Å². The van der Waals surface area contributed by atoms with E-state index in [2.05, 4.69) is 29.0 Å². The van der Waals surface area contributed by atoms with Gasteiger partial charge in [0.05, 0.1) is 0 Å². The molecule has 2 heterocycles. The molecular formula is C12H16N4S. The third kappa shape index (κ3) is 2.61. The summed E-state index contributed by atoms with van der Waals surface area (Å²) in [5.74, 6) is 1.33. The van der Waals surface area contributed by atoms with E-state index < -0.39 is 0 Å². The molecule has 0 aliphatic heterocycles. The average Bonchev–Trinajstić information content (AvgIpc) is 2.60. The molecule has 2 aromatic heterocycles. The summed E-state index contributed by atoms with van der Waals surface area (Å²) in [5.41, 5.74) is 1.84. The molecule has 0 fully saturated rings. The van der Waals surface area contributed by atoms with Crippen molar-refractivity contribution in [3.63, 3.8) is 0 Å². The standard InChI is InChI=1S/C12H16N4S/c1-8(2)7-16-11(14-15-12(16)17)10-6-4-5-9(3)13-10/h4-6,8H,7H2,1-3H3,(H,15,17). The number of aryl methyl sites for hydroxylation is 1. The van der Waals surface area contributed by atoms with Crippen LogP contribution in [-0.4, -0.2) is 19.7 Å². The number of hydrogen-bond acceptors (Lipinski definition) is 3. The molecule has 0 aliphatic carbocycles. The van der Waals surface area contributed by atoms with Gasteiger partial charge in [-0.15, -0.1) is 0 Å². The maximum atomic E-state index is 5.24. The van der Waals surface area contributed by atoms with Crippen LogP contribution in [-0.2, 0) is 6.54 Å². The quantitative estimate of drug-likeness (QED) is 0.849. The number of hydrogen-bond donors (Lipinski definition) is 1. The van der Waals surface area contributed by atoms with Gasteiger partial charge in [-0.2, -0.15) is 5.10 Å². The minimum absolute atomic E-state index is 0.517. The summed E-state index contributed by atoms with van der Waals surface area (Å²) < 4.78 is 2.65. The Morgan fingerprint density at radius 2 is 2.18 bits per heavy atom. The first-order valence-corrected chi connectivity index (χ1v) is 6.08. The lowest BCUT2D eigenvalue weighted by atomic mass is 10.2. The summed E-state index contributed by atoms with van der Waals surface area (Å²) in [7, 11) is 0. The number of nitrogens with zero attached hydrogens (tertiary/aromatic N) is 3. The van der Waals surface area contributed by atoms with E-state index in [4.69, 9.17) is 12.2 Å². The van der Waals surface area contributed by atoms with Gasteiger partial charge in [-0.05, 0) is 37.2 Å². The van der Waals surface area contributed by atoms with Gasteiger partial charge in [0.1, 0.15) is 5.69 Å². The van der Waals surface area contributed by atoms with Gasteiger partial charge in [0.15, 0.2) is 10.6 Å². The van der Waals surface area contributed by atoms with Gasteiger partial charge < -0.3 is 0 Å². The Labute approximate surface area is 106 Å². The van der Waals surface area contributed by atoms with Crippen LogP contribution in [0.15, 0.2) is 18.2 Å². The first kappa shape index (κ1) is 12.0. The maximum Gasteiger partial charge on any atom is 0.195 e. The Morgan fingerprint density at radius 3 is 2.82 bits per heavy atom. The van der Waals surface area contributed by atoms with Crippen molar-refractivity contribution in [1.29, 1.82) is 0 Å². The highest BCUT2D eigenvalue weighted by Crippen LogP contribution is 2.16. The molecule has 0 amide bonds. The highest BCUT2D eigenvalue weighted by atomic mass is 32.1. The highest BCUT2D eigenvalue weighted by Gasteiger charge is 2.11. The zero-order valence-corrected chi connectivity index (χ0v) is 11.1. The van der Waals surface area contributed by atoms with Crippen LogP contribution in [0.4, 0.5) is 0 Å². The average molecular weight is 248 g/mol. The van der Waals surface area contributed by atoms with Crippen LogP contribution in [0, 0.1) is 17.6 Å². The Bertz CT molecular complexity index is 568. The number of nitrogens with one attached hydrogen (secondary N) is 1. The van der Waals surface area contributed by atoms with Crippen LogP contribution >= 0.6 is 12.2 Å². The zero-order valence-electron chi connectivity index (χ0n) is 10.3. The third-order valence-corrected chi connectivity index (χ3v) is 2.74. The molecular weight excluding hydrogens is 232 g/mol. The van der Waals surface area contributed by atoms with Crippen LogP contribution in [0.25, 0.3) is 11.5 Å². The van der Waals surface area contributed by atoms with Gasteiger partial charge in [-0.25, -0.2) is 4.98 Å². The summed E-state index contributed by atoms with van der Waals surface area (Å²) in [5, 5.41) is 7.10. The van der Waals surface area contributed by atoms with E-state index in [0.717, 1.165) is 23.8 Å². The molecule has 0 unspecified atom stereocenters. The monoisotopic (exact) mass is 248 g/mol. The molecule has 0 bridgehead atoms. The third-order valence-electron chi connectivity index (χ3n) is 2.42. The molecule has 0 saturated heterocycles. The van der Waals surface area contributed by atoms with Gasteiger partial charge in [-0.3, -0.25) is 9.67 Å². The van der Waals surface area contributed by atoms with Crippen LogP contribution < -0.4 is 0 Å². The second-order valence-electron chi connectivity index (χ2n) is 4.52. The number of aromatic nitrogens is 4. The van der Waals surface area contributed by atoms with Crippen molar-refractivity contribution >= 4 is 12.2 Å². The summed E-state index contributed by atoms with van der Waals surface area (Å²) in [6.07, 6.45) is 0. The SMILES string of the molecule is Cc1cccc(-c2n[nH]c(=S)n2CC(C)C)n1. The van der Waals surface area contributed by atoms with Crippen molar-refractivity contribution in [1.82, 2.24) is 19.7 Å². The lowest BCUT2D eigenvalue weighted by molar-refractivity contribution is 0.521. The molecule has 0 radical (unpaired) electrons. The normalized spacial score (nSPS) is 11.1. The van der Waals surface area contributed by atoms with E-state index in [1.807, 2.05) is 29.7 Å². The largest absolute Gasteiger partial charge is 0.299 e. The number of H-pyrrole nitrogens is 1. The number of pyridine rings is 1. The van der Waals surface area contributed by atoms with Gasteiger partial charge in [0, 0.05) is 12.2 Å². The fourth-order valence-electron chi connectivity index (χ4n) is 1.72. The smallest absolute Gasteiger partial charge is 0.195 e. The molecule has 0 saturated carbocycles. The first-order valence-electron chi connectivity index (χ1n) is 5.67. The summed E-state index contributed by atoms with van der Waals surface area (Å²) in [4.78, 5) is 4.48. The fraction of sp³-hybridized carbons (Fsp3) is 0.417. The van der Waals surface area contributed by atoms with Crippen LogP contribution in [0.1, 0.15) is 19.5 Å². The lowest BCUT2D eigenvalue weighted by Crippen LogP contribution is -2.07. The van der Waals surface area contributed by atoms with Crippen molar-refractivity contribution in [3.8, 4) is 11.5 Å². The van der Waals surface area contributed by atoms with E-state index >= 15 is 0 Å². The Hall–Kier alpha value is -1.49. The minimum atomic E-state index is 0.517. The Balaban J connectivity index is 2.49. The zero-order chi connectivity index (χ0) is 12.4. The Kier molecular flexibility index (Phi) is 3.38. The molecule has 0 spiro atoms. The molecule has 1 N–H and O–H groups in total. The first-order chi connectivity index (χ1) is 8.08. The molecule has 2 rings (SSSR count). The van der Waals surface area contributed by atoms with Crippen LogP contribution in [0.3, 0.4) is 0 Å². The Morgan fingerprint density at radius 1 is 1.41 bits per heavy atom. The van der Waals surface area contributed by atoms with Crippen molar-refractivity contribution in [3.05, 3.63) is 28.7 Å². The molecule has 5 heteroatoms. The topological polar surface area (TPSA) is 46.5 Å². The van der Waals surface area contributed by atoms with Gasteiger partial charge >= 0.3 is 0 Å². The molecule has 4 nitrogen and oxygen atoms in total. The predicted octanol–water partition coefficient (Wildman–Crippen LogP) is 2.97. The maximum absolute atomic E-state index is 5.24. The molecule has 0 atom stereocenters. The van der Waals surface area contributed by atoms with Crippen molar-refractivity contribution in [2.24, 2.45) is 5.92 Å². The summed E-state index contributed by atoms with van der Waals surface area (Å²) in [6, 6.07) is 5.90. The van der Waals surface area contributed by atoms with Crippen LogP contribution in [0.5, 0.6) is 0 Å². The van der Waals surface area contributed by atoms with E-state index in [1.165, 1.54) is 0 Å². The van der Waals surface area contributed by atoms with Gasteiger partial charge in [0.2, 0.25) is 0 Å². The van der Waals surface area contributed by atoms with Crippen molar-refractivity contribution in [2.45, 2.75) is 27.3 Å².